The molecular formula is C29H34N4O3. The van der Waals surface area contributed by atoms with Gasteiger partial charge in [-0.15, -0.1) is 0 Å². The van der Waals surface area contributed by atoms with Crippen LogP contribution >= 0.6 is 0 Å². The van der Waals surface area contributed by atoms with Gasteiger partial charge in [0.1, 0.15) is 5.75 Å². The molecule has 0 amide bonds. The predicted molar refractivity (Wildman–Crippen MR) is 146 cm³/mol. The van der Waals surface area contributed by atoms with E-state index < -0.39 is 6.10 Å². The van der Waals surface area contributed by atoms with Crippen LogP contribution in [0.4, 0.5) is 11.4 Å². The lowest BCUT2D eigenvalue weighted by Crippen LogP contribution is -2.24. The first-order valence-electron chi connectivity index (χ1n) is 12.2. The summed E-state index contributed by atoms with van der Waals surface area (Å²) in [7, 11) is 4.17. The monoisotopic (exact) mass is 486 g/mol. The van der Waals surface area contributed by atoms with Crippen molar-refractivity contribution in [3.63, 3.8) is 0 Å². The molecule has 1 heterocycles. The van der Waals surface area contributed by atoms with Gasteiger partial charge in [0.05, 0.1) is 11.6 Å². The zero-order valence-electron chi connectivity index (χ0n) is 20.8. The third-order valence-electron chi connectivity index (χ3n) is 6.24. The molecule has 188 valence electrons. The molecule has 0 bridgehead atoms. The van der Waals surface area contributed by atoms with Gasteiger partial charge in [-0.05, 0) is 86.6 Å². The fraction of sp³-hybridized carbons (Fsp3) is 0.276. The van der Waals surface area contributed by atoms with E-state index in [9.17, 15) is 15.0 Å². The maximum atomic E-state index is 11.6. The zero-order chi connectivity index (χ0) is 25.5. The van der Waals surface area contributed by atoms with Crippen molar-refractivity contribution in [2.75, 3.05) is 39.0 Å². The topological polar surface area (TPSA) is 101 Å². The summed E-state index contributed by atoms with van der Waals surface area (Å²) < 4.78 is 0. The van der Waals surface area contributed by atoms with Crippen LogP contribution in [0.25, 0.3) is 10.9 Å². The Labute approximate surface area is 211 Å². The fourth-order valence-electron chi connectivity index (χ4n) is 4.16. The number of fused-ring (bicyclic) bond motifs is 1. The van der Waals surface area contributed by atoms with Gasteiger partial charge in [-0.1, -0.05) is 30.3 Å². The van der Waals surface area contributed by atoms with Crippen LogP contribution in [0.1, 0.15) is 22.8 Å². The minimum absolute atomic E-state index is 0.0124. The SMILES string of the molecule is CN(C)CCc1ccc(Nc2ccc(CCNCC(O)c3ccc(O)c4[nH]c(=O)ccc34)cc2)cc1. The Kier molecular flexibility index (Phi) is 8.38. The molecule has 1 unspecified atom stereocenters. The molecular weight excluding hydrogens is 452 g/mol. The van der Waals surface area contributed by atoms with Crippen molar-refractivity contribution < 1.29 is 10.2 Å². The molecule has 36 heavy (non-hydrogen) atoms. The van der Waals surface area contributed by atoms with Crippen molar-refractivity contribution in [2.24, 2.45) is 0 Å². The number of benzene rings is 3. The van der Waals surface area contributed by atoms with E-state index in [0.717, 1.165) is 30.8 Å². The van der Waals surface area contributed by atoms with Crippen LogP contribution in [-0.2, 0) is 12.8 Å². The van der Waals surface area contributed by atoms with Gasteiger partial charge in [0, 0.05) is 35.9 Å². The van der Waals surface area contributed by atoms with Crippen LogP contribution in [0.5, 0.6) is 5.75 Å². The quantitative estimate of drug-likeness (QED) is 0.206. The van der Waals surface area contributed by atoms with E-state index in [2.05, 4.69) is 83.1 Å². The molecule has 0 aliphatic carbocycles. The van der Waals surface area contributed by atoms with Crippen molar-refractivity contribution in [2.45, 2.75) is 18.9 Å². The Balaban J connectivity index is 1.25. The molecule has 0 saturated heterocycles. The minimum Gasteiger partial charge on any atom is -0.506 e. The molecule has 0 aliphatic heterocycles. The number of hydrogen-bond acceptors (Lipinski definition) is 6. The maximum Gasteiger partial charge on any atom is 0.248 e. The predicted octanol–water partition coefficient (Wildman–Crippen LogP) is 3.95. The molecule has 0 fully saturated rings. The molecule has 4 rings (SSSR count). The van der Waals surface area contributed by atoms with Crippen molar-refractivity contribution >= 4 is 22.3 Å². The summed E-state index contributed by atoms with van der Waals surface area (Å²) in [5.41, 5.74) is 5.35. The average molecular weight is 487 g/mol. The number of aliphatic hydroxyl groups is 1. The molecule has 4 aromatic rings. The van der Waals surface area contributed by atoms with E-state index in [1.807, 2.05) is 0 Å². The average Bonchev–Trinajstić information content (AvgIpc) is 2.87. The second kappa shape index (κ2) is 11.9. The number of aromatic amines is 1. The highest BCUT2D eigenvalue weighted by molar-refractivity contribution is 5.87. The van der Waals surface area contributed by atoms with E-state index >= 15 is 0 Å². The van der Waals surface area contributed by atoms with Crippen LogP contribution in [0, 0.1) is 0 Å². The number of aliphatic hydroxyl groups excluding tert-OH is 1. The first-order valence-corrected chi connectivity index (χ1v) is 12.2. The number of pyridine rings is 1. The Bertz CT molecular complexity index is 1330. The van der Waals surface area contributed by atoms with Gasteiger partial charge in [0.2, 0.25) is 5.56 Å². The number of hydrogen-bond donors (Lipinski definition) is 5. The summed E-state index contributed by atoms with van der Waals surface area (Å²) >= 11 is 0. The third kappa shape index (κ3) is 6.73. The van der Waals surface area contributed by atoms with Crippen LogP contribution in [0.3, 0.4) is 0 Å². The lowest BCUT2D eigenvalue weighted by atomic mass is 10.0. The molecule has 5 N–H and O–H groups in total. The molecule has 0 saturated carbocycles. The standard InChI is InChI=1S/C29H34N4O3/c1-33(2)18-16-21-5-9-23(10-6-21)31-22-7-3-20(4-8-22)15-17-30-19-27(35)24-11-13-26(34)29-25(24)12-14-28(36)32-29/h3-14,27,30-31,34-35H,15-19H2,1-2H3,(H,32,36). The Hall–Kier alpha value is -3.65. The van der Waals surface area contributed by atoms with Gasteiger partial charge in [-0.3, -0.25) is 4.79 Å². The number of H-pyrrole nitrogens is 1. The molecule has 7 heteroatoms. The number of phenolic OH excluding ortho intramolecular Hbond substituents is 1. The number of nitrogens with one attached hydrogen (secondary N) is 3. The summed E-state index contributed by atoms with van der Waals surface area (Å²) in [6.07, 6.45) is 1.11. The summed E-state index contributed by atoms with van der Waals surface area (Å²) in [6, 6.07) is 23.1. The van der Waals surface area contributed by atoms with Crippen molar-refractivity contribution in [3.05, 3.63) is 99.8 Å². The molecule has 0 spiro atoms. The summed E-state index contributed by atoms with van der Waals surface area (Å²) in [5, 5.41) is 28.1. The summed E-state index contributed by atoms with van der Waals surface area (Å²) in [4.78, 5) is 16.4. The molecule has 7 nitrogen and oxygen atoms in total. The Morgan fingerprint density at radius 2 is 1.50 bits per heavy atom. The van der Waals surface area contributed by atoms with Crippen molar-refractivity contribution in [3.8, 4) is 5.75 Å². The van der Waals surface area contributed by atoms with Crippen LogP contribution in [-0.4, -0.2) is 53.8 Å². The zero-order valence-corrected chi connectivity index (χ0v) is 20.8. The Morgan fingerprint density at radius 1 is 0.861 bits per heavy atom. The number of phenols is 1. The molecule has 0 aliphatic rings. The van der Waals surface area contributed by atoms with Gasteiger partial charge >= 0.3 is 0 Å². The highest BCUT2D eigenvalue weighted by atomic mass is 16.3. The lowest BCUT2D eigenvalue weighted by Gasteiger charge is -2.15. The number of likely N-dealkylation sites (N-methyl/N-ethyl adjacent to an activating group) is 1. The van der Waals surface area contributed by atoms with E-state index in [1.54, 1.807) is 12.1 Å². The molecule has 1 atom stereocenters. The molecule has 1 aromatic heterocycles. The number of nitrogens with zero attached hydrogens (tertiary/aromatic N) is 1. The van der Waals surface area contributed by atoms with Gasteiger partial charge < -0.3 is 30.7 Å². The van der Waals surface area contributed by atoms with Crippen LogP contribution in [0.15, 0.2) is 77.6 Å². The van der Waals surface area contributed by atoms with Crippen LogP contribution < -0.4 is 16.2 Å². The van der Waals surface area contributed by atoms with Gasteiger partial charge in [0.15, 0.2) is 0 Å². The highest BCUT2D eigenvalue weighted by Crippen LogP contribution is 2.28. The van der Waals surface area contributed by atoms with Crippen molar-refractivity contribution in [1.29, 1.82) is 0 Å². The van der Waals surface area contributed by atoms with E-state index in [0.29, 0.717) is 29.6 Å². The largest absolute Gasteiger partial charge is 0.506 e. The highest BCUT2D eigenvalue weighted by Gasteiger charge is 2.13. The maximum absolute atomic E-state index is 11.6. The molecule has 3 aromatic carbocycles. The Morgan fingerprint density at radius 3 is 2.14 bits per heavy atom. The second-order valence-corrected chi connectivity index (χ2v) is 9.33. The van der Waals surface area contributed by atoms with Crippen LogP contribution in [0.2, 0.25) is 0 Å². The lowest BCUT2D eigenvalue weighted by molar-refractivity contribution is 0.176. The normalized spacial score (nSPS) is 12.2. The fourth-order valence-corrected chi connectivity index (χ4v) is 4.16. The van der Waals surface area contributed by atoms with Gasteiger partial charge in [-0.2, -0.15) is 0 Å². The van der Waals surface area contributed by atoms with E-state index in [1.165, 1.54) is 23.3 Å². The third-order valence-corrected chi connectivity index (χ3v) is 6.24. The smallest absolute Gasteiger partial charge is 0.248 e. The second-order valence-electron chi connectivity index (χ2n) is 9.33. The molecule has 0 radical (unpaired) electrons. The number of anilines is 2. The summed E-state index contributed by atoms with van der Waals surface area (Å²) in [6.45, 7) is 2.12. The number of aromatic hydroxyl groups is 1. The van der Waals surface area contributed by atoms with E-state index in [-0.39, 0.29) is 11.3 Å². The van der Waals surface area contributed by atoms with Crippen molar-refractivity contribution in [1.82, 2.24) is 15.2 Å². The first kappa shape index (κ1) is 25.4. The first-order chi connectivity index (χ1) is 17.4. The summed E-state index contributed by atoms with van der Waals surface area (Å²) in [5.74, 6) is -0.0124. The minimum atomic E-state index is -0.764. The van der Waals surface area contributed by atoms with Gasteiger partial charge in [0.25, 0.3) is 0 Å². The van der Waals surface area contributed by atoms with Gasteiger partial charge in [-0.25, -0.2) is 0 Å². The number of rotatable bonds is 11. The number of aromatic nitrogens is 1. The van der Waals surface area contributed by atoms with E-state index in [4.69, 9.17) is 0 Å².